The fourth-order valence-electron chi connectivity index (χ4n) is 6.98. The Kier molecular flexibility index (Phi) is 14.3. The largest absolute Gasteiger partial charge is 0.496 e. The normalized spacial score (nSPS) is 12.3. The van der Waals surface area contributed by atoms with Gasteiger partial charge >= 0.3 is 13.3 Å². The van der Waals surface area contributed by atoms with Gasteiger partial charge in [0.1, 0.15) is 11.5 Å². The molecule has 0 saturated heterocycles. The van der Waals surface area contributed by atoms with Gasteiger partial charge < -0.3 is 14.0 Å². The standard InChI is InChI=1S/C26H27O3P.C17H26O4P/c1-16-12-18(3)23(19(4)13-16)25(27)30(29,22-10-8-7-9-11-22)26(28)24-20(5)14-17(2)15-21(24)6;1-12(10-17(2,3)4)11-22(19)16(18)15-13(20-5)8-7-9-14(15)21-6/h7-15H,1-6H3;7-9,12H,10-11H2,1-6H3/q;+1. The van der Waals surface area contributed by atoms with Gasteiger partial charge in [0.05, 0.1) is 14.2 Å². The minimum Gasteiger partial charge on any atom is -0.496 e. The Hall–Kier alpha value is -4.18. The fourth-order valence-corrected chi connectivity index (χ4v) is 10.9. The minimum absolute atomic E-state index is 0.154. The Morgan fingerprint density at radius 3 is 1.44 bits per heavy atom. The minimum atomic E-state index is -4.11. The Morgan fingerprint density at radius 2 is 1.08 bits per heavy atom. The first-order chi connectivity index (χ1) is 24.3. The molecular formula is C43H53O7P2+. The van der Waals surface area contributed by atoms with Crippen molar-refractivity contribution in [1.82, 2.24) is 0 Å². The van der Waals surface area contributed by atoms with Crippen molar-refractivity contribution in [2.45, 2.75) is 75.7 Å². The molecule has 4 aromatic rings. The summed E-state index contributed by atoms with van der Waals surface area (Å²) < 4.78 is 37.4. The first-order valence-electron chi connectivity index (χ1n) is 17.4. The molecule has 0 radical (unpaired) electrons. The molecule has 52 heavy (non-hydrogen) atoms. The molecule has 0 bridgehead atoms. The quantitative estimate of drug-likeness (QED) is 0.133. The highest BCUT2D eigenvalue weighted by Gasteiger charge is 2.44. The number of ether oxygens (including phenoxy) is 2. The summed E-state index contributed by atoms with van der Waals surface area (Å²) in [5.74, 6) is 1.01. The van der Waals surface area contributed by atoms with E-state index in [1.807, 2.05) is 72.7 Å². The van der Waals surface area contributed by atoms with Gasteiger partial charge in [-0.3, -0.25) is 9.59 Å². The first-order valence-corrected chi connectivity index (χ1v) is 20.5. The third-order valence-electron chi connectivity index (χ3n) is 8.78. The lowest BCUT2D eigenvalue weighted by molar-refractivity contribution is 0.103. The molecule has 9 heteroatoms. The van der Waals surface area contributed by atoms with Crippen LogP contribution in [-0.4, -0.2) is 37.0 Å². The monoisotopic (exact) mass is 743 g/mol. The average Bonchev–Trinajstić information content (AvgIpc) is 3.05. The molecule has 2 unspecified atom stereocenters. The van der Waals surface area contributed by atoms with Crippen LogP contribution >= 0.6 is 14.9 Å². The molecule has 0 aliphatic heterocycles. The van der Waals surface area contributed by atoms with Crippen LogP contribution in [0.4, 0.5) is 0 Å². The van der Waals surface area contributed by atoms with Crippen molar-refractivity contribution in [3.8, 4) is 11.5 Å². The first kappa shape index (κ1) is 42.2. The molecule has 0 N–H and O–H groups in total. The summed E-state index contributed by atoms with van der Waals surface area (Å²) in [6, 6.07) is 21.1. The van der Waals surface area contributed by atoms with Gasteiger partial charge in [-0.05, 0) is 87.8 Å². The highest BCUT2D eigenvalue weighted by Crippen LogP contribution is 2.52. The predicted octanol–water partition coefficient (Wildman–Crippen LogP) is 11.0. The van der Waals surface area contributed by atoms with Gasteiger partial charge in [-0.25, -0.2) is 4.79 Å². The van der Waals surface area contributed by atoms with E-state index in [1.165, 1.54) is 14.2 Å². The van der Waals surface area contributed by atoms with E-state index in [2.05, 4.69) is 20.8 Å². The predicted molar refractivity (Wildman–Crippen MR) is 213 cm³/mol. The number of rotatable bonds is 12. The Balaban J connectivity index is 0.000000295. The van der Waals surface area contributed by atoms with Crippen LogP contribution in [0.3, 0.4) is 0 Å². The summed E-state index contributed by atoms with van der Waals surface area (Å²) in [6.07, 6.45) is 1.30. The molecule has 0 aliphatic rings. The number of hydrogen-bond acceptors (Lipinski definition) is 7. The molecule has 4 aromatic carbocycles. The third kappa shape index (κ3) is 9.82. The van der Waals surface area contributed by atoms with Crippen LogP contribution in [0, 0.1) is 52.9 Å². The van der Waals surface area contributed by atoms with Gasteiger partial charge in [-0.1, -0.05) is 104 Å². The smallest absolute Gasteiger partial charge is 0.420 e. The lowest BCUT2D eigenvalue weighted by atomic mass is 9.86. The van der Waals surface area contributed by atoms with Crippen LogP contribution in [0.1, 0.15) is 98.6 Å². The number of aryl methyl sites for hydroxylation is 6. The van der Waals surface area contributed by atoms with E-state index in [-0.39, 0.29) is 22.2 Å². The molecule has 0 aromatic heterocycles. The second-order valence-electron chi connectivity index (χ2n) is 14.9. The zero-order valence-electron chi connectivity index (χ0n) is 32.7. The second kappa shape index (κ2) is 17.6. The molecule has 2 atom stereocenters. The van der Waals surface area contributed by atoms with Gasteiger partial charge in [0.15, 0.2) is 11.7 Å². The molecule has 276 valence electrons. The van der Waals surface area contributed by atoms with Crippen molar-refractivity contribution in [1.29, 1.82) is 0 Å². The fraction of sp³-hybridized carbons (Fsp3) is 0.372. The van der Waals surface area contributed by atoms with Gasteiger partial charge in [0.25, 0.3) is 0 Å². The average molecular weight is 744 g/mol. The van der Waals surface area contributed by atoms with Crippen molar-refractivity contribution in [3.05, 3.63) is 123 Å². The lowest BCUT2D eigenvalue weighted by Crippen LogP contribution is -2.23. The molecule has 4 rings (SSSR count). The van der Waals surface area contributed by atoms with Crippen LogP contribution in [0.15, 0.2) is 72.8 Å². The Bertz CT molecular complexity index is 1880. The van der Waals surface area contributed by atoms with Crippen LogP contribution < -0.4 is 14.8 Å². The van der Waals surface area contributed by atoms with E-state index in [9.17, 15) is 23.5 Å². The molecule has 0 fully saturated rings. The second-order valence-corrected chi connectivity index (χ2v) is 19.0. The highest BCUT2D eigenvalue weighted by molar-refractivity contribution is 8.01. The SMILES string of the molecule is COc1cccc(OC)c1C(=O)[P+](=O)CC(C)CC(C)(C)C.Cc1cc(C)c(C(=O)P(=O)(C(=O)c2c(C)cc(C)cc2C)c2ccccc2)c(C)c1. The van der Waals surface area contributed by atoms with Crippen molar-refractivity contribution in [3.63, 3.8) is 0 Å². The Labute approximate surface area is 310 Å². The molecule has 0 heterocycles. The number of benzene rings is 4. The summed E-state index contributed by atoms with van der Waals surface area (Å²) in [5.41, 5.74) is 4.59. The van der Waals surface area contributed by atoms with Crippen LogP contribution in [0.25, 0.3) is 0 Å². The summed E-state index contributed by atoms with van der Waals surface area (Å²) in [7, 11) is -3.14. The van der Waals surface area contributed by atoms with E-state index in [0.29, 0.717) is 28.8 Å². The molecular weight excluding hydrogens is 690 g/mol. The number of carbonyl (C=O) groups is 3. The van der Waals surface area contributed by atoms with Gasteiger partial charge in [0, 0.05) is 22.3 Å². The molecule has 0 amide bonds. The number of carbonyl (C=O) groups excluding carboxylic acids is 3. The van der Waals surface area contributed by atoms with Crippen LogP contribution in [0.5, 0.6) is 11.5 Å². The summed E-state index contributed by atoms with van der Waals surface area (Å²) >= 11 is 0. The van der Waals surface area contributed by atoms with Crippen molar-refractivity contribution < 1.29 is 33.0 Å². The molecule has 7 nitrogen and oxygen atoms in total. The maximum Gasteiger partial charge on any atom is 0.420 e. The zero-order chi connectivity index (χ0) is 39.1. The number of hydrogen-bond donors (Lipinski definition) is 0. The van der Waals surface area contributed by atoms with E-state index < -0.39 is 31.5 Å². The van der Waals surface area contributed by atoms with Crippen molar-refractivity contribution in [2.75, 3.05) is 20.4 Å². The molecule has 0 aliphatic carbocycles. The van der Waals surface area contributed by atoms with Gasteiger partial charge in [-0.2, -0.15) is 0 Å². The zero-order valence-corrected chi connectivity index (χ0v) is 34.5. The maximum atomic E-state index is 14.5. The summed E-state index contributed by atoms with van der Waals surface area (Å²) in [4.78, 5) is 40.2. The van der Waals surface area contributed by atoms with Crippen LogP contribution in [-0.2, 0) is 9.13 Å². The summed E-state index contributed by atoms with van der Waals surface area (Å²) in [6.45, 7) is 19.7. The van der Waals surface area contributed by atoms with Crippen LogP contribution in [0.2, 0.25) is 0 Å². The van der Waals surface area contributed by atoms with E-state index in [0.717, 1.165) is 39.8 Å². The van der Waals surface area contributed by atoms with E-state index >= 15 is 0 Å². The third-order valence-corrected chi connectivity index (χ3v) is 13.0. The topological polar surface area (TPSA) is 104 Å². The highest BCUT2D eigenvalue weighted by atomic mass is 31.2. The van der Waals surface area contributed by atoms with Crippen molar-refractivity contribution >= 4 is 36.8 Å². The lowest BCUT2D eigenvalue weighted by Gasteiger charge is -2.21. The summed E-state index contributed by atoms with van der Waals surface area (Å²) in [5, 5.41) is 0.277. The van der Waals surface area contributed by atoms with Gasteiger partial charge in [0.2, 0.25) is 18.2 Å². The van der Waals surface area contributed by atoms with Gasteiger partial charge in [-0.15, -0.1) is 0 Å². The van der Waals surface area contributed by atoms with E-state index in [4.69, 9.17) is 9.47 Å². The maximum absolute atomic E-state index is 14.5. The Morgan fingerprint density at radius 1 is 0.673 bits per heavy atom. The van der Waals surface area contributed by atoms with Crippen molar-refractivity contribution in [2.24, 2.45) is 11.3 Å². The molecule has 0 saturated carbocycles. The number of methoxy groups -OCH3 is 2. The molecule has 0 spiro atoms. The van der Waals surface area contributed by atoms with E-state index in [1.54, 1.807) is 48.5 Å².